The second-order valence-electron chi connectivity index (χ2n) is 3.61. The topological polar surface area (TPSA) is 73.1 Å². The van der Waals surface area contributed by atoms with E-state index in [0.717, 1.165) is 12.8 Å². The average Bonchev–Trinajstić information content (AvgIpc) is 2.14. The van der Waals surface area contributed by atoms with Crippen LogP contribution in [0.4, 0.5) is 0 Å². The number of rotatable bonds is 7. The minimum absolute atomic E-state index is 0.266. The predicted octanol–water partition coefficient (Wildman–Crippen LogP) is 1.38. The van der Waals surface area contributed by atoms with E-state index in [0.29, 0.717) is 13.0 Å². The Morgan fingerprint density at radius 3 is 2.64 bits per heavy atom. The number of hydrogen-bond donors (Lipinski definition) is 2. The number of carboxylic acid groups (broad SMARTS) is 1. The van der Waals surface area contributed by atoms with Crippen LogP contribution in [0, 0.1) is 17.2 Å². The van der Waals surface area contributed by atoms with Crippen molar-refractivity contribution < 1.29 is 9.90 Å². The van der Waals surface area contributed by atoms with Gasteiger partial charge < -0.3 is 10.4 Å². The van der Waals surface area contributed by atoms with Gasteiger partial charge in [-0.2, -0.15) is 5.26 Å². The molecule has 0 aliphatic rings. The molecule has 0 aliphatic carbocycles. The zero-order valence-corrected chi connectivity index (χ0v) is 8.79. The Morgan fingerprint density at radius 1 is 1.50 bits per heavy atom. The Bertz CT molecular complexity index is 211. The number of nitrogens with zero attached hydrogens (tertiary/aromatic N) is 1. The number of hydrogen-bond acceptors (Lipinski definition) is 3. The van der Waals surface area contributed by atoms with Crippen LogP contribution in [0.2, 0.25) is 0 Å². The SMILES string of the molecule is CC(CCCC(C)C(=O)O)NCC#N. The molecular formula is C10H18N2O2. The molecule has 0 radical (unpaired) electrons. The van der Waals surface area contributed by atoms with Crippen molar-refractivity contribution in [1.82, 2.24) is 5.32 Å². The van der Waals surface area contributed by atoms with E-state index in [2.05, 4.69) is 5.32 Å². The van der Waals surface area contributed by atoms with Crippen molar-refractivity contribution in [2.75, 3.05) is 6.54 Å². The van der Waals surface area contributed by atoms with Crippen molar-refractivity contribution >= 4 is 5.97 Å². The highest BCUT2D eigenvalue weighted by Crippen LogP contribution is 2.09. The number of carbonyl (C=O) groups is 1. The monoisotopic (exact) mass is 198 g/mol. The first-order chi connectivity index (χ1) is 6.57. The zero-order chi connectivity index (χ0) is 11.0. The minimum atomic E-state index is -0.734. The second-order valence-corrected chi connectivity index (χ2v) is 3.61. The van der Waals surface area contributed by atoms with Crippen LogP contribution in [0.25, 0.3) is 0 Å². The van der Waals surface area contributed by atoms with Crippen LogP contribution in [0.5, 0.6) is 0 Å². The summed E-state index contributed by atoms with van der Waals surface area (Å²) in [4.78, 5) is 10.5. The van der Waals surface area contributed by atoms with Crippen molar-refractivity contribution in [1.29, 1.82) is 5.26 Å². The average molecular weight is 198 g/mol. The molecule has 0 aromatic rings. The molecule has 0 rings (SSSR count). The summed E-state index contributed by atoms with van der Waals surface area (Å²) >= 11 is 0. The van der Waals surface area contributed by atoms with Gasteiger partial charge in [-0.1, -0.05) is 13.3 Å². The Morgan fingerprint density at radius 2 is 2.14 bits per heavy atom. The quantitative estimate of drug-likeness (QED) is 0.606. The van der Waals surface area contributed by atoms with E-state index in [1.54, 1.807) is 6.92 Å². The highest BCUT2D eigenvalue weighted by molar-refractivity contribution is 5.69. The van der Waals surface area contributed by atoms with Gasteiger partial charge in [0.15, 0.2) is 0 Å². The van der Waals surface area contributed by atoms with E-state index >= 15 is 0 Å². The molecule has 2 N–H and O–H groups in total. The van der Waals surface area contributed by atoms with E-state index in [1.807, 2.05) is 13.0 Å². The van der Waals surface area contributed by atoms with Gasteiger partial charge in [-0.15, -0.1) is 0 Å². The van der Waals surface area contributed by atoms with Crippen LogP contribution in [0.15, 0.2) is 0 Å². The molecule has 0 spiro atoms. The van der Waals surface area contributed by atoms with E-state index in [1.165, 1.54) is 0 Å². The van der Waals surface area contributed by atoms with Crippen LogP contribution in [0.3, 0.4) is 0 Å². The Balaban J connectivity index is 3.44. The molecule has 0 saturated heterocycles. The molecule has 4 nitrogen and oxygen atoms in total. The number of carboxylic acids is 1. The minimum Gasteiger partial charge on any atom is -0.481 e. The summed E-state index contributed by atoms with van der Waals surface area (Å²) in [5.41, 5.74) is 0. The lowest BCUT2D eigenvalue weighted by atomic mass is 10.0. The maximum atomic E-state index is 10.5. The predicted molar refractivity (Wildman–Crippen MR) is 53.7 cm³/mol. The molecule has 0 amide bonds. The van der Waals surface area contributed by atoms with Gasteiger partial charge in [-0.05, 0) is 19.8 Å². The lowest BCUT2D eigenvalue weighted by molar-refractivity contribution is -0.141. The maximum absolute atomic E-state index is 10.5. The molecule has 0 aromatic carbocycles. The highest BCUT2D eigenvalue weighted by Gasteiger charge is 2.10. The van der Waals surface area contributed by atoms with Gasteiger partial charge in [0.1, 0.15) is 0 Å². The van der Waals surface area contributed by atoms with Gasteiger partial charge in [0.25, 0.3) is 0 Å². The molecule has 0 fully saturated rings. The molecule has 0 bridgehead atoms. The lowest BCUT2D eigenvalue weighted by Crippen LogP contribution is -2.26. The Hall–Kier alpha value is -1.08. The summed E-state index contributed by atoms with van der Waals surface area (Å²) in [5, 5.41) is 20.0. The fourth-order valence-corrected chi connectivity index (χ4v) is 1.18. The van der Waals surface area contributed by atoms with Crippen molar-refractivity contribution in [3.63, 3.8) is 0 Å². The zero-order valence-electron chi connectivity index (χ0n) is 8.79. The molecule has 2 atom stereocenters. The summed E-state index contributed by atoms with van der Waals surface area (Å²) in [6.07, 6.45) is 2.50. The first-order valence-electron chi connectivity index (χ1n) is 4.91. The normalized spacial score (nSPS) is 14.4. The standard InChI is InChI=1S/C10H18N2O2/c1-8(10(13)14)4-3-5-9(2)12-7-6-11/h8-9,12H,3-5,7H2,1-2H3,(H,13,14). The molecular weight excluding hydrogens is 180 g/mol. The maximum Gasteiger partial charge on any atom is 0.306 e. The molecule has 0 aliphatic heterocycles. The van der Waals surface area contributed by atoms with Crippen LogP contribution in [-0.2, 0) is 4.79 Å². The van der Waals surface area contributed by atoms with Crippen molar-refractivity contribution in [2.24, 2.45) is 5.92 Å². The van der Waals surface area contributed by atoms with E-state index in [4.69, 9.17) is 10.4 Å². The molecule has 0 saturated carbocycles. The summed E-state index contributed by atoms with van der Waals surface area (Å²) < 4.78 is 0. The molecule has 2 unspecified atom stereocenters. The first-order valence-corrected chi connectivity index (χ1v) is 4.91. The van der Waals surface area contributed by atoms with E-state index in [9.17, 15) is 4.79 Å². The lowest BCUT2D eigenvalue weighted by Gasteiger charge is -2.11. The van der Waals surface area contributed by atoms with E-state index < -0.39 is 5.97 Å². The fourth-order valence-electron chi connectivity index (χ4n) is 1.18. The number of nitriles is 1. The molecule has 80 valence electrons. The largest absolute Gasteiger partial charge is 0.481 e. The number of aliphatic carboxylic acids is 1. The second kappa shape index (κ2) is 7.34. The Labute approximate surface area is 84.9 Å². The van der Waals surface area contributed by atoms with Gasteiger partial charge in [0, 0.05) is 6.04 Å². The Kier molecular flexibility index (Phi) is 6.77. The van der Waals surface area contributed by atoms with Crippen LogP contribution < -0.4 is 5.32 Å². The van der Waals surface area contributed by atoms with Gasteiger partial charge in [-0.25, -0.2) is 0 Å². The van der Waals surface area contributed by atoms with Crippen LogP contribution in [0.1, 0.15) is 33.1 Å². The van der Waals surface area contributed by atoms with Gasteiger partial charge in [0.2, 0.25) is 0 Å². The summed E-state index contributed by atoms with van der Waals surface area (Å²) in [5.74, 6) is -0.999. The van der Waals surface area contributed by atoms with Crippen molar-refractivity contribution in [3.05, 3.63) is 0 Å². The molecule has 0 aromatic heterocycles. The molecule has 0 heterocycles. The number of nitrogens with one attached hydrogen (secondary N) is 1. The smallest absolute Gasteiger partial charge is 0.306 e. The summed E-state index contributed by atoms with van der Waals surface area (Å²) in [6, 6.07) is 2.30. The molecule has 4 heteroatoms. The fraction of sp³-hybridized carbons (Fsp3) is 0.800. The first kappa shape index (κ1) is 12.9. The van der Waals surface area contributed by atoms with Crippen LogP contribution >= 0.6 is 0 Å². The van der Waals surface area contributed by atoms with Crippen molar-refractivity contribution in [3.8, 4) is 6.07 Å². The van der Waals surface area contributed by atoms with Gasteiger partial charge >= 0.3 is 5.97 Å². The third-order valence-corrected chi connectivity index (χ3v) is 2.23. The summed E-state index contributed by atoms with van der Waals surface area (Å²) in [7, 11) is 0. The third kappa shape index (κ3) is 6.44. The summed E-state index contributed by atoms with van der Waals surface area (Å²) in [6.45, 7) is 4.08. The van der Waals surface area contributed by atoms with E-state index in [-0.39, 0.29) is 12.0 Å². The third-order valence-electron chi connectivity index (χ3n) is 2.23. The molecule has 14 heavy (non-hydrogen) atoms. The van der Waals surface area contributed by atoms with Gasteiger partial charge in [-0.3, -0.25) is 4.79 Å². The highest BCUT2D eigenvalue weighted by atomic mass is 16.4. The van der Waals surface area contributed by atoms with Crippen molar-refractivity contribution in [2.45, 2.75) is 39.2 Å². The van der Waals surface area contributed by atoms with Crippen LogP contribution in [-0.4, -0.2) is 23.7 Å². The van der Waals surface area contributed by atoms with Gasteiger partial charge in [0.05, 0.1) is 18.5 Å².